The first-order valence-electron chi connectivity index (χ1n) is 5.14. The maximum absolute atomic E-state index is 10.8. The minimum Gasteiger partial charge on any atom is -0.395 e. The highest BCUT2D eigenvalue weighted by Crippen LogP contribution is 2.27. The van der Waals surface area contributed by atoms with Crippen LogP contribution < -0.4 is 10.6 Å². The predicted octanol–water partition coefficient (Wildman–Crippen LogP) is 1.66. The summed E-state index contributed by atoms with van der Waals surface area (Å²) in [4.78, 5) is 10.3. The topological polar surface area (TPSA) is 87.4 Å². The number of aliphatic hydroxyl groups is 1. The predicted molar refractivity (Wildman–Crippen MR) is 73.8 cm³/mol. The molecule has 0 aliphatic rings. The van der Waals surface area contributed by atoms with Gasteiger partial charge < -0.3 is 15.7 Å². The summed E-state index contributed by atoms with van der Waals surface area (Å²) in [6, 6.07) is 4.48. The van der Waals surface area contributed by atoms with E-state index in [0.717, 1.165) is 0 Å². The number of aliphatic hydroxyl groups excluding tert-OH is 1. The van der Waals surface area contributed by atoms with Crippen LogP contribution in [0.15, 0.2) is 18.2 Å². The van der Waals surface area contributed by atoms with Crippen LogP contribution in [-0.2, 0) is 0 Å². The van der Waals surface area contributed by atoms with Crippen molar-refractivity contribution in [2.45, 2.75) is 0 Å². The molecule has 0 aliphatic heterocycles. The fourth-order valence-electron chi connectivity index (χ4n) is 1.29. The van der Waals surface area contributed by atoms with Crippen LogP contribution in [0.3, 0.4) is 0 Å². The summed E-state index contributed by atoms with van der Waals surface area (Å²) in [7, 11) is 0. The molecule has 0 aliphatic carbocycles. The second-order valence-electron chi connectivity index (χ2n) is 3.32. The highest BCUT2D eigenvalue weighted by atomic mass is 35.5. The third-order valence-corrected chi connectivity index (χ3v) is 2.30. The van der Waals surface area contributed by atoms with E-state index in [9.17, 15) is 10.1 Å². The van der Waals surface area contributed by atoms with Gasteiger partial charge in [-0.2, -0.15) is 0 Å². The van der Waals surface area contributed by atoms with Gasteiger partial charge in [0.25, 0.3) is 5.69 Å². The van der Waals surface area contributed by atoms with Gasteiger partial charge >= 0.3 is 0 Å². The van der Waals surface area contributed by atoms with Crippen LogP contribution >= 0.6 is 24.0 Å². The standard InChI is InChI=1S/C10H14ClN3O3.ClH/c11-8-1-2-9(10(7-8)14(16)17)13-4-3-12-5-6-15;/h1-2,7,12-13,15H,3-6H2;1H. The lowest BCUT2D eigenvalue weighted by molar-refractivity contribution is -0.383. The van der Waals surface area contributed by atoms with Gasteiger partial charge in [0.15, 0.2) is 0 Å². The van der Waals surface area contributed by atoms with Crippen molar-refractivity contribution in [3.63, 3.8) is 0 Å². The zero-order valence-corrected chi connectivity index (χ0v) is 11.1. The summed E-state index contributed by atoms with van der Waals surface area (Å²) in [5.74, 6) is 0. The third-order valence-electron chi connectivity index (χ3n) is 2.06. The van der Waals surface area contributed by atoms with Gasteiger partial charge in [-0.1, -0.05) is 11.6 Å². The molecule has 6 nitrogen and oxygen atoms in total. The van der Waals surface area contributed by atoms with E-state index in [0.29, 0.717) is 30.3 Å². The average molecular weight is 296 g/mol. The number of nitrogens with zero attached hydrogens (tertiary/aromatic N) is 1. The Morgan fingerprint density at radius 2 is 2.06 bits per heavy atom. The van der Waals surface area contributed by atoms with Gasteiger partial charge in [-0.3, -0.25) is 10.1 Å². The van der Waals surface area contributed by atoms with Gasteiger partial charge in [-0.05, 0) is 12.1 Å². The second-order valence-corrected chi connectivity index (χ2v) is 3.76. The van der Waals surface area contributed by atoms with Crippen molar-refractivity contribution in [3.8, 4) is 0 Å². The van der Waals surface area contributed by atoms with E-state index >= 15 is 0 Å². The normalized spacial score (nSPS) is 9.67. The zero-order valence-electron chi connectivity index (χ0n) is 9.56. The highest BCUT2D eigenvalue weighted by molar-refractivity contribution is 6.30. The number of halogens is 2. The lowest BCUT2D eigenvalue weighted by Crippen LogP contribution is -2.25. The molecule has 0 heterocycles. The number of hydrogen-bond donors (Lipinski definition) is 3. The number of nitrogens with one attached hydrogen (secondary N) is 2. The molecule has 0 spiro atoms. The van der Waals surface area contributed by atoms with E-state index in [1.54, 1.807) is 12.1 Å². The highest BCUT2D eigenvalue weighted by Gasteiger charge is 2.13. The Kier molecular flexibility index (Phi) is 8.40. The molecule has 0 fully saturated rings. The van der Waals surface area contributed by atoms with E-state index in [-0.39, 0.29) is 24.7 Å². The SMILES string of the molecule is Cl.O=[N+]([O-])c1cc(Cl)ccc1NCCNCCO. The summed E-state index contributed by atoms with van der Waals surface area (Å²) in [6.45, 7) is 1.72. The minimum atomic E-state index is -0.477. The molecule has 8 heteroatoms. The Labute approximate surface area is 116 Å². The van der Waals surface area contributed by atoms with Crippen molar-refractivity contribution >= 4 is 35.4 Å². The molecule has 0 bridgehead atoms. The van der Waals surface area contributed by atoms with Crippen molar-refractivity contribution in [1.29, 1.82) is 0 Å². The number of nitro groups is 1. The van der Waals surface area contributed by atoms with Crippen LogP contribution in [0, 0.1) is 10.1 Å². The van der Waals surface area contributed by atoms with E-state index in [4.69, 9.17) is 16.7 Å². The second kappa shape index (κ2) is 8.93. The van der Waals surface area contributed by atoms with Gasteiger partial charge in [0, 0.05) is 30.7 Å². The van der Waals surface area contributed by atoms with E-state index in [1.807, 2.05) is 0 Å². The molecule has 0 amide bonds. The smallest absolute Gasteiger partial charge is 0.293 e. The number of hydrogen-bond acceptors (Lipinski definition) is 5. The number of benzene rings is 1. The van der Waals surface area contributed by atoms with Gasteiger partial charge in [0.2, 0.25) is 0 Å². The van der Waals surface area contributed by atoms with Crippen LogP contribution in [0.5, 0.6) is 0 Å². The lowest BCUT2D eigenvalue weighted by atomic mass is 10.2. The van der Waals surface area contributed by atoms with Crippen LogP contribution in [-0.4, -0.2) is 36.3 Å². The lowest BCUT2D eigenvalue weighted by Gasteiger charge is -2.07. The number of anilines is 1. The fraction of sp³-hybridized carbons (Fsp3) is 0.400. The summed E-state index contributed by atoms with van der Waals surface area (Å²) in [5.41, 5.74) is 0.393. The van der Waals surface area contributed by atoms with Crippen molar-refractivity contribution in [1.82, 2.24) is 5.32 Å². The van der Waals surface area contributed by atoms with Crippen LogP contribution in [0.25, 0.3) is 0 Å². The summed E-state index contributed by atoms with van der Waals surface area (Å²) in [5, 5.41) is 25.5. The quantitative estimate of drug-likeness (QED) is 0.405. The van der Waals surface area contributed by atoms with Crippen molar-refractivity contribution in [3.05, 3.63) is 33.3 Å². The fourth-order valence-corrected chi connectivity index (χ4v) is 1.46. The summed E-state index contributed by atoms with van der Waals surface area (Å²) in [6.07, 6.45) is 0. The van der Waals surface area contributed by atoms with Crippen molar-refractivity contribution in [2.75, 3.05) is 31.6 Å². The van der Waals surface area contributed by atoms with E-state index in [2.05, 4.69) is 10.6 Å². The van der Waals surface area contributed by atoms with Gasteiger partial charge in [0.05, 0.1) is 11.5 Å². The van der Waals surface area contributed by atoms with E-state index in [1.165, 1.54) is 6.07 Å². The molecule has 0 saturated carbocycles. The number of nitro benzene ring substituents is 1. The van der Waals surface area contributed by atoms with Gasteiger partial charge in [-0.25, -0.2) is 0 Å². The molecular formula is C10H15Cl2N3O3. The minimum absolute atomic E-state index is 0. The van der Waals surface area contributed by atoms with Crippen LogP contribution in [0.1, 0.15) is 0 Å². The molecule has 0 saturated heterocycles. The Hall–Kier alpha value is -1.08. The molecule has 0 unspecified atom stereocenters. The molecule has 18 heavy (non-hydrogen) atoms. The molecule has 1 aromatic carbocycles. The largest absolute Gasteiger partial charge is 0.395 e. The molecule has 1 aromatic rings. The maximum atomic E-state index is 10.8. The number of rotatable bonds is 7. The Morgan fingerprint density at radius 1 is 1.33 bits per heavy atom. The molecular weight excluding hydrogens is 281 g/mol. The Bertz CT molecular complexity index is 391. The first-order valence-corrected chi connectivity index (χ1v) is 5.52. The molecule has 3 N–H and O–H groups in total. The summed E-state index contributed by atoms with van der Waals surface area (Å²) >= 11 is 5.69. The molecule has 0 aromatic heterocycles. The Balaban J connectivity index is 0.00000289. The monoisotopic (exact) mass is 295 g/mol. The van der Waals surface area contributed by atoms with E-state index < -0.39 is 4.92 Å². The average Bonchev–Trinajstić information content (AvgIpc) is 2.30. The first-order chi connectivity index (χ1) is 8.15. The molecule has 0 radical (unpaired) electrons. The molecule has 1 rings (SSSR count). The van der Waals surface area contributed by atoms with Gasteiger partial charge in [0.1, 0.15) is 5.69 Å². The summed E-state index contributed by atoms with van der Waals surface area (Å²) < 4.78 is 0. The molecule has 102 valence electrons. The first kappa shape index (κ1) is 16.9. The Morgan fingerprint density at radius 3 is 2.67 bits per heavy atom. The zero-order chi connectivity index (χ0) is 12.7. The van der Waals surface area contributed by atoms with Crippen LogP contribution in [0.2, 0.25) is 5.02 Å². The third kappa shape index (κ3) is 5.50. The molecule has 0 atom stereocenters. The maximum Gasteiger partial charge on any atom is 0.293 e. The van der Waals surface area contributed by atoms with Crippen molar-refractivity contribution < 1.29 is 10.0 Å². The van der Waals surface area contributed by atoms with Crippen molar-refractivity contribution in [2.24, 2.45) is 0 Å². The van der Waals surface area contributed by atoms with Gasteiger partial charge in [-0.15, -0.1) is 12.4 Å². The van der Waals surface area contributed by atoms with Crippen LogP contribution in [0.4, 0.5) is 11.4 Å².